The Kier molecular flexibility index (Phi) is 4.02. The van der Waals surface area contributed by atoms with Crippen LogP contribution in [0.4, 0.5) is 0 Å². The van der Waals surface area contributed by atoms with Crippen molar-refractivity contribution in [3.63, 3.8) is 0 Å². The summed E-state index contributed by atoms with van der Waals surface area (Å²) in [4.78, 5) is 12.7. The molecule has 0 aromatic heterocycles. The van der Waals surface area contributed by atoms with Gasteiger partial charge in [-0.2, -0.15) is 0 Å². The van der Waals surface area contributed by atoms with E-state index in [2.05, 4.69) is 12.2 Å². The molecular formula is C18H25NO3. The average Bonchev–Trinajstić information content (AvgIpc) is 3.24. The molecule has 1 aliphatic carbocycles. The molecule has 120 valence electrons. The predicted octanol–water partition coefficient (Wildman–Crippen LogP) is 3.04. The number of fused-ring (bicyclic) bond motifs is 1. The quantitative estimate of drug-likeness (QED) is 0.909. The van der Waals surface area contributed by atoms with Gasteiger partial charge in [0.1, 0.15) is 13.2 Å². The van der Waals surface area contributed by atoms with E-state index in [1.807, 2.05) is 32.0 Å². The molecule has 0 unspecified atom stereocenters. The van der Waals surface area contributed by atoms with Crippen LogP contribution in [0.3, 0.4) is 0 Å². The lowest BCUT2D eigenvalue weighted by atomic mass is 9.83. The molecule has 1 saturated carbocycles. The minimum atomic E-state index is -0.574. The van der Waals surface area contributed by atoms with E-state index in [0.717, 1.165) is 23.5 Å². The Labute approximate surface area is 132 Å². The van der Waals surface area contributed by atoms with Gasteiger partial charge in [0.05, 0.1) is 5.41 Å². The molecule has 0 bridgehead atoms. The maximum atomic E-state index is 12.7. The summed E-state index contributed by atoms with van der Waals surface area (Å²) >= 11 is 0. The third kappa shape index (κ3) is 2.92. The molecule has 3 rings (SSSR count). The Morgan fingerprint density at radius 2 is 2.00 bits per heavy atom. The van der Waals surface area contributed by atoms with E-state index in [0.29, 0.717) is 25.2 Å². The summed E-state index contributed by atoms with van der Waals surface area (Å²) in [5, 5.41) is 3.20. The van der Waals surface area contributed by atoms with Crippen LogP contribution < -0.4 is 14.8 Å². The molecule has 22 heavy (non-hydrogen) atoms. The van der Waals surface area contributed by atoms with Crippen molar-refractivity contribution < 1.29 is 14.3 Å². The molecule has 4 nitrogen and oxygen atoms in total. The first-order valence-corrected chi connectivity index (χ1v) is 8.23. The maximum Gasteiger partial charge on any atom is 0.230 e. The van der Waals surface area contributed by atoms with Gasteiger partial charge in [-0.1, -0.05) is 19.4 Å². The van der Waals surface area contributed by atoms with Crippen LogP contribution in [0.5, 0.6) is 11.5 Å². The average molecular weight is 303 g/mol. The van der Waals surface area contributed by atoms with E-state index in [1.165, 1.54) is 12.8 Å². The van der Waals surface area contributed by atoms with Crippen LogP contribution in [0.15, 0.2) is 18.2 Å². The molecule has 1 N–H and O–H groups in total. The van der Waals surface area contributed by atoms with Crippen LogP contribution in [-0.4, -0.2) is 25.2 Å². The molecule has 1 aromatic rings. The van der Waals surface area contributed by atoms with Gasteiger partial charge in [0.2, 0.25) is 5.91 Å². The van der Waals surface area contributed by atoms with Crippen molar-refractivity contribution in [3.8, 4) is 11.5 Å². The summed E-state index contributed by atoms with van der Waals surface area (Å²) in [6, 6.07) is 6.16. The number of carbonyl (C=O) groups is 1. The molecule has 0 saturated heterocycles. The molecule has 0 radical (unpaired) electrons. The molecule has 1 aromatic carbocycles. The zero-order valence-corrected chi connectivity index (χ0v) is 13.6. The van der Waals surface area contributed by atoms with Gasteiger partial charge >= 0.3 is 0 Å². The lowest BCUT2D eigenvalue weighted by molar-refractivity contribution is -0.125. The van der Waals surface area contributed by atoms with Crippen LogP contribution in [-0.2, 0) is 10.2 Å². The first-order valence-electron chi connectivity index (χ1n) is 8.23. The number of ether oxygens (including phenoxy) is 2. The second kappa shape index (κ2) is 5.82. The number of nitrogens with one attached hydrogen (secondary N) is 1. The molecule has 0 spiro atoms. The highest BCUT2D eigenvalue weighted by atomic mass is 16.6. The lowest BCUT2D eigenvalue weighted by Crippen LogP contribution is -2.41. The molecular weight excluding hydrogens is 278 g/mol. The highest BCUT2D eigenvalue weighted by Gasteiger charge is 2.40. The van der Waals surface area contributed by atoms with Crippen molar-refractivity contribution in [2.75, 3.05) is 13.2 Å². The van der Waals surface area contributed by atoms with Gasteiger partial charge in [0, 0.05) is 6.04 Å². The maximum absolute atomic E-state index is 12.7. The third-order valence-corrected chi connectivity index (χ3v) is 4.73. The normalized spacial score (nSPS) is 23.0. The van der Waals surface area contributed by atoms with Crippen molar-refractivity contribution in [2.45, 2.75) is 51.5 Å². The van der Waals surface area contributed by atoms with Crippen molar-refractivity contribution in [1.29, 1.82) is 0 Å². The van der Waals surface area contributed by atoms with Crippen LogP contribution in [0.1, 0.15) is 45.6 Å². The van der Waals surface area contributed by atoms with Crippen LogP contribution in [0, 0.1) is 5.92 Å². The second-order valence-corrected chi connectivity index (χ2v) is 6.85. The summed E-state index contributed by atoms with van der Waals surface area (Å²) in [5.41, 5.74) is 0.386. The van der Waals surface area contributed by atoms with Crippen molar-refractivity contribution in [2.24, 2.45) is 5.92 Å². The van der Waals surface area contributed by atoms with Gasteiger partial charge < -0.3 is 14.8 Å². The van der Waals surface area contributed by atoms with Crippen molar-refractivity contribution >= 4 is 5.91 Å². The fourth-order valence-electron chi connectivity index (χ4n) is 3.03. The topological polar surface area (TPSA) is 47.6 Å². The Morgan fingerprint density at radius 3 is 2.73 bits per heavy atom. The Bertz CT molecular complexity index is 567. The highest BCUT2D eigenvalue weighted by molar-refractivity contribution is 5.88. The molecule has 2 atom stereocenters. The highest BCUT2D eigenvalue weighted by Crippen LogP contribution is 2.38. The Hall–Kier alpha value is -1.71. The molecule has 1 heterocycles. The fraction of sp³-hybridized carbons (Fsp3) is 0.611. The summed E-state index contributed by atoms with van der Waals surface area (Å²) < 4.78 is 11.2. The monoisotopic (exact) mass is 303 g/mol. The van der Waals surface area contributed by atoms with Crippen molar-refractivity contribution in [1.82, 2.24) is 5.32 Å². The number of amides is 1. The van der Waals surface area contributed by atoms with Gasteiger partial charge in [-0.3, -0.25) is 4.79 Å². The van der Waals surface area contributed by atoms with Crippen LogP contribution in [0.2, 0.25) is 0 Å². The van der Waals surface area contributed by atoms with E-state index in [4.69, 9.17) is 9.47 Å². The van der Waals surface area contributed by atoms with Gasteiger partial charge in [0.15, 0.2) is 11.5 Å². The zero-order valence-electron chi connectivity index (χ0n) is 13.6. The number of benzene rings is 1. The standard InChI is InChI=1S/C18H25NO3/c1-4-5-12-10-14(12)19-17(20)18(2,3)13-6-7-15-16(11-13)22-9-8-21-15/h6-7,11-12,14H,4-5,8-10H2,1-3H3,(H,19,20)/t12-,14-/m1/s1. The SMILES string of the molecule is CCC[C@@H]1C[C@H]1NC(=O)C(C)(C)c1ccc2c(c1)OCCO2. The number of rotatable bonds is 5. The molecule has 1 aliphatic heterocycles. The van der Waals surface area contributed by atoms with Gasteiger partial charge in [-0.05, 0) is 50.3 Å². The van der Waals surface area contributed by atoms with Gasteiger partial charge in [0.25, 0.3) is 0 Å². The number of carbonyl (C=O) groups excluding carboxylic acids is 1. The summed E-state index contributed by atoms with van der Waals surface area (Å²) in [7, 11) is 0. The van der Waals surface area contributed by atoms with E-state index in [9.17, 15) is 4.79 Å². The Balaban J connectivity index is 1.70. The minimum Gasteiger partial charge on any atom is -0.486 e. The summed E-state index contributed by atoms with van der Waals surface area (Å²) in [6.07, 6.45) is 3.51. The predicted molar refractivity (Wildman–Crippen MR) is 85.4 cm³/mol. The van der Waals surface area contributed by atoms with E-state index < -0.39 is 5.41 Å². The van der Waals surface area contributed by atoms with Gasteiger partial charge in [-0.25, -0.2) is 0 Å². The molecule has 1 amide bonds. The van der Waals surface area contributed by atoms with Crippen LogP contribution >= 0.6 is 0 Å². The molecule has 4 heteroatoms. The second-order valence-electron chi connectivity index (χ2n) is 6.85. The fourth-order valence-corrected chi connectivity index (χ4v) is 3.03. The molecule has 2 aliphatic rings. The minimum absolute atomic E-state index is 0.0905. The van der Waals surface area contributed by atoms with Crippen LogP contribution in [0.25, 0.3) is 0 Å². The first-order chi connectivity index (χ1) is 10.5. The third-order valence-electron chi connectivity index (χ3n) is 4.73. The summed E-state index contributed by atoms with van der Waals surface area (Å²) in [6.45, 7) is 7.26. The van der Waals surface area contributed by atoms with Gasteiger partial charge in [-0.15, -0.1) is 0 Å². The largest absolute Gasteiger partial charge is 0.486 e. The Morgan fingerprint density at radius 1 is 1.27 bits per heavy atom. The lowest BCUT2D eigenvalue weighted by Gasteiger charge is -2.26. The van der Waals surface area contributed by atoms with Crippen molar-refractivity contribution in [3.05, 3.63) is 23.8 Å². The molecule has 1 fully saturated rings. The number of hydrogen-bond acceptors (Lipinski definition) is 3. The smallest absolute Gasteiger partial charge is 0.230 e. The summed E-state index contributed by atoms with van der Waals surface area (Å²) in [5.74, 6) is 2.26. The zero-order chi connectivity index (χ0) is 15.7. The number of hydrogen-bond donors (Lipinski definition) is 1. The van der Waals surface area contributed by atoms with E-state index in [-0.39, 0.29) is 5.91 Å². The first kappa shape index (κ1) is 15.2. The van der Waals surface area contributed by atoms with E-state index in [1.54, 1.807) is 0 Å². The van der Waals surface area contributed by atoms with E-state index >= 15 is 0 Å².